The first-order chi connectivity index (χ1) is 8.79. The van der Waals surface area contributed by atoms with E-state index in [1.165, 1.54) is 12.8 Å². The average Bonchev–Trinajstić information content (AvgIpc) is 2.54. The molecule has 0 aromatic heterocycles. The number of halogens is 1. The highest BCUT2D eigenvalue weighted by atomic mass is 35.5. The van der Waals surface area contributed by atoms with Crippen LogP contribution in [0.2, 0.25) is 0 Å². The summed E-state index contributed by atoms with van der Waals surface area (Å²) in [6.07, 6.45) is 4.74. The molecule has 5 heteroatoms. The molecule has 4 nitrogen and oxygen atoms in total. The van der Waals surface area contributed by atoms with Crippen molar-refractivity contribution in [2.45, 2.75) is 32.6 Å². The average molecular weight is 290 g/mol. The molecule has 1 N–H and O–H groups in total. The molecule has 2 rings (SSSR count). The van der Waals surface area contributed by atoms with E-state index in [2.05, 4.69) is 17.1 Å². The highest BCUT2D eigenvalue weighted by Crippen LogP contribution is 2.15. The van der Waals surface area contributed by atoms with Gasteiger partial charge in [-0.1, -0.05) is 6.92 Å². The van der Waals surface area contributed by atoms with Crippen molar-refractivity contribution in [3.8, 4) is 0 Å². The van der Waals surface area contributed by atoms with E-state index in [-0.39, 0.29) is 12.4 Å². The quantitative estimate of drug-likeness (QED) is 0.849. The van der Waals surface area contributed by atoms with Crippen molar-refractivity contribution in [3.63, 3.8) is 0 Å². The molecule has 2 saturated heterocycles. The van der Waals surface area contributed by atoms with Gasteiger partial charge in [0.05, 0.1) is 6.54 Å². The Morgan fingerprint density at radius 3 is 2.68 bits per heavy atom. The van der Waals surface area contributed by atoms with Gasteiger partial charge < -0.3 is 10.2 Å². The predicted octanol–water partition coefficient (Wildman–Crippen LogP) is 1.35. The van der Waals surface area contributed by atoms with Crippen molar-refractivity contribution in [1.82, 2.24) is 15.1 Å². The van der Waals surface area contributed by atoms with Gasteiger partial charge in [0.1, 0.15) is 0 Å². The summed E-state index contributed by atoms with van der Waals surface area (Å²) >= 11 is 0. The number of nitrogens with zero attached hydrogens (tertiary/aromatic N) is 2. The first-order valence-corrected chi connectivity index (χ1v) is 7.50. The Morgan fingerprint density at radius 2 is 2.00 bits per heavy atom. The lowest BCUT2D eigenvalue weighted by atomic mass is 9.97. The fraction of sp³-hybridized carbons (Fsp3) is 0.929. The maximum Gasteiger partial charge on any atom is 0.236 e. The van der Waals surface area contributed by atoms with Gasteiger partial charge in [0, 0.05) is 26.2 Å². The van der Waals surface area contributed by atoms with Crippen LogP contribution in [0.25, 0.3) is 0 Å². The van der Waals surface area contributed by atoms with Crippen LogP contribution in [0.5, 0.6) is 0 Å². The van der Waals surface area contributed by atoms with Gasteiger partial charge in [0.25, 0.3) is 0 Å². The van der Waals surface area contributed by atoms with Crippen molar-refractivity contribution in [2.24, 2.45) is 5.92 Å². The first-order valence-electron chi connectivity index (χ1n) is 7.50. The minimum Gasteiger partial charge on any atom is -0.342 e. The predicted molar refractivity (Wildman–Crippen MR) is 80.8 cm³/mol. The summed E-state index contributed by atoms with van der Waals surface area (Å²) in [6, 6.07) is 0. The molecule has 2 aliphatic rings. The van der Waals surface area contributed by atoms with Crippen LogP contribution in [-0.4, -0.2) is 61.5 Å². The molecule has 2 fully saturated rings. The lowest BCUT2D eigenvalue weighted by Crippen LogP contribution is -2.40. The molecule has 0 aliphatic carbocycles. The van der Waals surface area contributed by atoms with Crippen LogP contribution >= 0.6 is 12.4 Å². The van der Waals surface area contributed by atoms with Crippen molar-refractivity contribution in [3.05, 3.63) is 0 Å². The Bertz CT molecular complexity index is 269. The van der Waals surface area contributed by atoms with Crippen molar-refractivity contribution >= 4 is 18.3 Å². The fourth-order valence-corrected chi connectivity index (χ4v) is 3.07. The summed E-state index contributed by atoms with van der Waals surface area (Å²) in [6.45, 7) is 9.18. The van der Waals surface area contributed by atoms with Crippen molar-refractivity contribution < 1.29 is 4.79 Å². The van der Waals surface area contributed by atoms with Gasteiger partial charge in [-0.15, -0.1) is 12.4 Å². The molecule has 112 valence electrons. The van der Waals surface area contributed by atoms with Gasteiger partial charge in [0.2, 0.25) is 5.91 Å². The SMILES string of the molecule is CCCN1CCCN(CC2CCNCC2)CC1=O.Cl. The Morgan fingerprint density at radius 1 is 1.26 bits per heavy atom. The molecule has 0 unspecified atom stereocenters. The zero-order valence-electron chi connectivity index (χ0n) is 12.1. The van der Waals surface area contributed by atoms with E-state index in [0.29, 0.717) is 12.5 Å². The molecule has 0 saturated carbocycles. The number of carbonyl (C=O) groups excluding carboxylic acids is 1. The minimum absolute atomic E-state index is 0. The summed E-state index contributed by atoms with van der Waals surface area (Å²) in [4.78, 5) is 16.6. The first kappa shape index (κ1) is 16.7. The van der Waals surface area contributed by atoms with E-state index in [4.69, 9.17) is 0 Å². The molecule has 0 spiro atoms. The molecule has 0 atom stereocenters. The van der Waals surface area contributed by atoms with Gasteiger partial charge in [0.15, 0.2) is 0 Å². The number of amides is 1. The fourth-order valence-electron chi connectivity index (χ4n) is 3.07. The lowest BCUT2D eigenvalue weighted by Gasteiger charge is -2.28. The number of piperidine rings is 1. The van der Waals surface area contributed by atoms with E-state index >= 15 is 0 Å². The monoisotopic (exact) mass is 289 g/mol. The van der Waals surface area contributed by atoms with Crippen LogP contribution in [-0.2, 0) is 4.79 Å². The highest BCUT2D eigenvalue weighted by molar-refractivity contribution is 5.85. The molecule has 1 amide bonds. The number of hydrogen-bond acceptors (Lipinski definition) is 3. The molecular formula is C14H28ClN3O. The minimum atomic E-state index is 0. The molecular weight excluding hydrogens is 262 g/mol. The third-order valence-corrected chi connectivity index (χ3v) is 4.08. The second-order valence-electron chi connectivity index (χ2n) is 5.66. The normalized spacial score (nSPS) is 23.0. The highest BCUT2D eigenvalue weighted by Gasteiger charge is 2.23. The summed E-state index contributed by atoms with van der Waals surface area (Å²) < 4.78 is 0. The summed E-state index contributed by atoms with van der Waals surface area (Å²) in [5.41, 5.74) is 0. The van der Waals surface area contributed by atoms with E-state index in [0.717, 1.165) is 58.0 Å². The number of hydrogen-bond donors (Lipinski definition) is 1. The maximum absolute atomic E-state index is 12.1. The van der Waals surface area contributed by atoms with Crippen LogP contribution in [0.1, 0.15) is 32.6 Å². The van der Waals surface area contributed by atoms with E-state index < -0.39 is 0 Å². The second-order valence-corrected chi connectivity index (χ2v) is 5.66. The Balaban J connectivity index is 0.00000180. The smallest absolute Gasteiger partial charge is 0.236 e. The van der Waals surface area contributed by atoms with Crippen molar-refractivity contribution in [2.75, 3.05) is 45.8 Å². The van der Waals surface area contributed by atoms with Crippen molar-refractivity contribution in [1.29, 1.82) is 0 Å². The molecule has 2 heterocycles. The zero-order valence-corrected chi connectivity index (χ0v) is 12.9. The van der Waals surface area contributed by atoms with Gasteiger partial charge in [-0.05, 0) is 44.7 Å². The summed E-state index contributed by atoms with van der Waals surface area (Å²) in [7, 11) is 0. The van der Waals surface area contributed by atoms with Gasteiger partial charge >= 0.3 is 0 Å². The summed E-state index contributed by atoms with van der Waals surface area (Å²) in [5, 5.41) is 3.40. The molecule has 0 aromatic rings. The van der Waals surface area contributed by atoms with Crippen LogP contribution in [0, 0.1) is 5.92 Å². The topological polar surface area (TPSA) is 35.6 Å². The van der Waals surface area contributed by atoms with Crippen LogP contribution in [0.4, 0.5) is 0 Å². The molecule has 2 aliphatic heterocycles. The number of rotatable bonds is 4. The molecule has 19 heavy (non-hydrogen) atoms. The number of carbonyl (C=O) groups is 1. The second kappa shape index (κ2) is 8.77. The van der Waals surface area contributed by atoms with E-state index in [1.807, 2.05) is 4.90 Å². The zero-order chi connectivity index (χ0) is 12.8. The Kier molecular flexibility index (Phi) is 7.73. The Hall–Kier alpha value is -0.320. The van der Waals surface area contributed by atoms with Crippen LogP contribution < -0.4 is 5.32 Å². The third-order valence-electron chi connectivity index (χ3n) is 4.08. The third kappa shape index (κ3) is 5.28. The van der Waals surface area contributed by atoms with Gasteiger partial charge in [-0.2, -0.15) is 0 Å². The number of nitrogens with one attached hydrogen (secondary N) is 1. The molecule has 0 radical (unpaired) electrons. The largest absolute Gasteiger partial charge is 0.342 e. The summed E-state index contributed by atoms with van der Waals surface area (Å²) in [5.74, 6) is 1.13. The maximum atomic E-state index is 12.1. The van der Waals surface area contributed by atoms with Crippen LogP contribution in [0.3, 0.4) is 0 Å². The molecule has 0 bridgehead atoms. The molecule has 0 aromatic carbocycles. The standard InChI is InChI=1S/C14H27N3O.ClH/c1-2-8-17-10-3-9-16(12-14(17)18)11-13-4-6-15-7-5-13;/h13,15H,2-12H2,1H3;1H. The lowest BCUT2D eigenvalue weighted by molar-refractivity contribution is -0.131. The Labute approximate surface area is 123 Å². The van der Waals surface area contributed by atoms with Crippen LogP contribution in [0.15, 0.2) is 0 Å². The van der Waals surface area contributed by atoms with E-state index in [1.54, 1.807) is 0 Å². The van der Waals surface area contributed by atoms with Gasteiger partial charge in [-0.3, -0.25) is 9.69 Å². The van der Waals surface area contributed by atoms with Gasteiger partial charge in [-0.25, -0.2) is 0 Å². The van der Waals surface area contributed by atoms with E-state index in [9.17, 15) is 4.79 Å².